The Balaban J connectivity index is 0.000000242. The van der Waals surface area contributed by atoms with E-state index in [0.717, 1.165) is 60.7 Å². The second-order valence-electron chi connectivity index (χ2n) is 14.4. The monoisotopic (exact) mass is 901 g/mol. The van der Waals surface area contributed by atoms with Crippen LogP contribution in [-0.4, -0.2) is 56.8 Å². The molecule has 9 rings (SSSR count). The van der Waals surface area contributed by atoms with Crippen LogP contribution in [0.2, 0.25) is 0 Å². The van der Waals surface area contributed by atoms with Crippen molar-refractivity contribution < 1.29 is 2.85 Å². The number of anilines is 2. The van der Waals surface area contributed by atoms with Gasteiger partial charge >= 0.3 is 0 Å². The molecule has 16 heteroatoms. The molecule has 0 saturated heterocycles. The highest BCUT2D eigenvalue weighted by atomic mass is 32.1. The van der Waals surface area contributed by atoms with Crippen LogP contribution in [-0.2, 0) is 13.1 Å². The quantitative estimate of drug-likeness (QED) is 0.109. The number of rotatable bonds is 12. The number of hydrogen-bond acceptors (Lipinski definition) is 16. The summed E-state index contributed by atoms with van der Waals surface area (Å²) < 4.78 is 0. The Morgan fingerprint density at radius 2 is 1.33 bits per heavy atom. The second kappa shape index (κ2) is 22.1. The molecule has 0 atom stereocenters. The summed E-state index contributed by atoms with van der Waals surface area (Å²) in [5, 5.41) is 36.9. The van der Waals surface area contributed by atoms with E-state index in [0.29, 0.717) is 63.8 Å². The van der Waals surface area contributed by atoms with Gasteiger partial charge < -0.3 is 10.6 Å². The molecule has 0 aliphatic heterocycles. The van der Waals surface area contributed by atoms with E-state index >= 15 is 0 Å². The lowest BCUT2D eigenvalue weighted by Crippen LogP contribution is -2.05. The Kier molecular flexibility index (Phi) is 15.2. The first-order valence-corrected chi connectivity index (χ1v) is 21.9. The molecule has 1 aromatic carbocycles. The average Bonchev–Trinajstić information content (AvgIpc) is 3.87. The van der Waals surface area contributed by atoms with Crippen molar-refractivity contribution in [1.29, 1.82) is 10.5 Å². The number of aliphatic imine (C=N–C) groups is 1. The van der Waals surface area contributed by atoms with Crippen molar-refractivity contribution in [3.05, 3.63) is 168 Å². The first-order chi connectivity index (χ1) is 32.8. The molecule has 0 aliphatic carbocycles. The van der Waals surface area contributed by atoms with E-state index in [2.05, 4.69) is 97.2 Å². The summed E-state index contributed by atoms with van der Waals surface area (Å²) >= 11 is 1.48. The zero-order valence-corrected chi connectivity index (χ0v) is 38.0. The smallest absolute Gasteiger partial charge is 0.223 e. The summed E-state index contributed by atoms with van der Waals surface area (Å²) in [5.74, 6) is 0.438. The average molecular weight is 902 g/mol. The molecule has 332 valence electrons. The fourth-order valence-corrected chi connectivity index (χ4v) is 7.43. The third-order valence-electron chi connectivity index (χ3n) is 9.86. The molecule has 0 radical (unpaired) electrons. The highest BCUT2D eigenvalue weighted by molar-refractivity contribution is 7.18. The Morgan fingerprint density at radius 3 is 1.96 bits per heavy atom. The van der Waals surface area contributed by atoms with Gasteiger partial charge in [-0.2, -0.15) is 10.5 Å². The zero-order chi connectivity index (χ0) is 47.1. The molecule has 67 heavy (non-hydrogen) atoms. The van der Waals surface area contributed by atoms with Crippen molar-refractivity contribution in [3.63, 3.8) is 0 Å². The number of benzene rings is 1. The van der Waals surface area contributed by atoms with Crippen LogP contribution >= 0.6 is 11.3 Å². The molecule has 0 saturated carbocycles. The van der Waals surface area contributed by atoms with Gasteiger partial charge in [-0.15, -0.1) is 10.2 Å². The Labute approximate surface area is 394 Å². The molecule has 0 unspecified atom stereocenters. The number of pyridine rings is 6. The second-order valence-corrected chi connectivity index (χ2v) is 15.3. The van der Waals surface area contributed by atoms with Gasteiger partial charge in [-0.25, -0.2) is 9.97 Å². The van der Waals surface area contributed by atoms with Crippen LogP contribution in [0.25, 0.3) is 61.5 Å². The molecular weight excluding hydrogens is 855 g/mol. The molecule has 0 fully saturated rings. The normalized spacial score (nSPS) is 10.3. The van der Waals surface area contributed by atoms with Gasteiger partial charge in [0.15, 0.2) is 0 Å². The molecule has 2 N–H and O–H groups in total. The molecule has 8 heterocycles. The number of aromatic nitrogens is 10. The molecule has 8 aromatic heterocycles. The summed E-state index contributed by atoms with van der Waals surface area (Å²) in [6.07, 6.45) is 13.7. The van der Waals surface area contributed by atoms with E-state index in [1.165, 1.54) is 11.3 Å². The fourth-order valence-electron chi connectivity index (χ4n) is 6.69. The third-order valence-corrected chi connectivity index (χ3v) is 10.8. The molecule has 0 aliphatic rings. The topological polar surface area (TPSA) is 213 Å². The summed E-state index contributed by atoms with van der Waals surface area (Å²) in [5.41, 5.74) is 12.3. The predicted octanol–water partition coefficient (Wildman–Crippen LogP) is 11.3. The van der Waals surface area contributed by atoms with Crippen LogP contribution in [0.4, 0.5) is 16.8 Å². The van der Waals surface area contributed by atoms with Gasteiger partial charge in [0.05, 0.1) is 51.3 Å². The van der Waals surface area contributed by atoms with E-state index < -0.39 is 0 Å². The number of nitrogens with zero attached hydrogens (tertiary/aromatic N) is 13. The SMILES string of the molecule is C=Cc1cc(-c2ccnc(NCc3cnc(-c4ccnc(C)c4)c(C#N)c3)n2)ncc1N=C.CC.Cc1cc(-c2ncc(CNc3nnc(-c4ccc5ncccc5c4)s3)cc2C#N)ccn1.[HH].[HH]. The number of fused-ring (bicyclic) bond motifs is 1. The van der Waals surface area contributed by atoms with Crippen molar-refractivity contribution in [3.8, 4) is 56.6 Å². The minimum atomic E-state index is 0. The molecule has 0 amide bonds. The molecular formula is C51H47N15S. The third kappa shape index (κ3) is 11.4. The standard InChI is InChI=1S/C25H20N8.C24H17N7S.C2H6.2H2/c1-4-18-11-22(30-15-23(18)27-3)21-6-8-29-25(33-21)32-14-17-10-20(12-26)24(31-13-17)19-5-7-28-16(2)9-19;1-15-9-18(6-8-26-15)22-20(12-25)10-16(13-28-22)14-29-24-31-30-23(32-24)19-4-5-21-17(11-19)3-2-7-27-21;1-2;;/h4-11,13,15H,1,3,14H2,2H3,(H,29,32,33);2-11,13H,14H2,1H3,(H,29,31);1-2H3;2*1H. The lowest BCUT2D eigenvalue weighted by molar-refractivity contribution is 1.04. The van der Waals surface area contributed by atoms with Crippen molar-refractivity contribution in [1.82, 2.24) is 50.1 Å². The Bertz CT molecular complexity index is 3310. The van der Waals surface area contributed by atoms with E-state index in [1.54, 1.807) is 55.5 Å². The number of aryl methyl sites for hydroxylation is 2. The number of hydrogen-bond donors (Lipinski definition) is 2. The minimum absolute atomic E-state index is 0. The van der Waals surface area contributed by atoms with Crippen molar-refractivity contribution in [2.45, 2.75) is 40.8 Å². The summed E-state index contributed by atoms with van der Waals surface area (Å²) in [7, 11) is 0. The van der Waals surface area contributed by atoms with Crippen molar-refractivity contribution >= 4 is 51.8 Å². The first kappa shape index (κ1) is 46.0. The van der Waals surface area contributed by atoms with Crippen LogP contribution in [0.15, 0.2) is 134 Å². The van der Waals surface area contributed by atoms with E-state index in [9.17, 15) is 10.5 Å². The summed E-state index contributed by atoms with van der Waals surface area (Å²) in [4.78, 5) is 39.0. The van der Waals surface area contributed by atoms with Gasteiger partial charge in [0, 0.05) is 92.2 Å². The summed E-state index contributed by atoms with van der Waals surface area (Å²) in [6, 6.07) is 29.3. The molecule has 15 nitrogen and oxygen atoms in total. The lowest BCUT2D eigenvalue weighted by atomic mass is 10.1. The Hall–Kier alpha value is -8.99. The minimum Gasteiger partial charge on any atom is -0.356 e. The van der Waals surface area contributed by atoms with Crippen LogP contribution in [0.1, 0.15) is 55.9 Å². The van der Waals surface area contributed by atoms with Crippen LogP contribution in [0, 0.1) is 36.5 Å². The van der Waals surface area contributed by atoms with Crippen LogP contribution < -0.4 is 10.6 Å². The van der Waals surface area contributed by atoms with E-state index in [1.807, 2.05) is 94.4 Å². The fraction of sp³-hybridized carbons (Fsp3) is 0.118. The summed E-state index contributed by atoms with van der Waals surface area (Å²) in [6.45, 7) is 16.1. The predicted molar refractivity (Wildman–Crippen MR) is 269 cm³/mol. The largest absolute Gasteiger partial charge is 0.356 e. The van der Waals surface area contributed by atoms with Crippen LogP contribution in [0.5, 0.6) is 0 Å². The maximum atomic E-state index is 9.63. The van der Waals surface area contributed by atoms with Gasteiger partial charge in [-0.3, -0.25) is 34.9 Å². The highest BCUT2D eigenvalue weighted by Crippen LogP contribution is 2.30. The maximum Gasteiger partial charge on any atom is 0.223 e. The maximum absolute atomic E-state index is 9.63. The highest BCUT2D eigenvalue weighted by Gasteiger charge is 2.13. The molecule has 0 bridgehead atoms. The van der Waals surface area contributed by atoms with Gasteiger partial charge in [-0.1, -0.05) is 43.9 Å². The first-order valence-electron chi connectivity index (χ1n) is 21.0. The Morgan fingerprint density at radius 1 is 0.672 bits per heavy atom. The number of nitriles is 2. The lowest BCUT2D eigenvalue weighted by Gasteiger charge is -2.09. The molecule has 9 aromatic rings. The number of nitrogens with one attached hydrogen (secondary N) is 2. The van der Waals surface area contributed by atoms with Crippen molar-refractivity contribution in [2.75, 3.05) is 10.6 Å². The van der Waals surface area contributed by atoms with Crippen LogP contribution in [0.3, 0.4) is 0 Å². The molecule has 0 spiro atoms. The van der Waals surface area contributed by atoms with E-state index in [4.69, 9.17) is 0 Å². The van der Waals surface area contributed by atoms with E-state index in [-0.39, 0.29) is 2.85 Å². The van der Waals surface area contributed by atoms with Gasteiger partial charge in [0.25, 0.3) is 0 Å². The van der Waals surface area contributed by atoms with Gasteiger partial charge in [0.2, 0.25) is 11.1 Å². The van der Waals surface area contributed by atoms with Crippen molar-refractivity contribution in [2.24, 2.45) is 4.99 Å². The van der Waals surface area contributed by atoms with Gasteiger partial charge in [0.1, 0.15) is 17.1 Å². The van der Waals surface area contributed by atoms with Gasteiger partial charge in [-0.05, 0) is 104 Å². The zero-order valence-electron chi connectivity index (χ0n) is 37.2.